The van der Waals surface area contributed by atoms with Crippen molar-refractivity contribution in [2.24, 2.45) is 0 Å². The molecule has 0 aliphatic carbocycles. The number of nitrogens with zero attached hydrogens (tertiary/aromatic N) is 3. The maximum atomic E-state index is 10.4. The SMILES string of the molecule is CN(C)c1ncc(CNCCCCCCCCCCC(=O)O)cn1. The van der Waals surface area contributed by atoms with Gasteiger partial charge in [0.2, 0.25) is 5.95 Å². The lowest BCUT2D eigenvalue weighted by Gasteiger charge is -2.10. The van der Waals surface area contributed by atoms with Gasteiger partial charge in [-0.05, 0) is 19.4 Å². The Morgan fingerprint density at radius 2 is 1.54 bits per heavy atom. The molecule has 0 aliphatic heterocycles. The van der Waals surface area contributed by atoms with Gasteiger partial charge in [0.25, 0.3) is 0 Å². The minimum absolute atomic E-state index is 0.314. The summed E-state index contributed by atoms with van der Waals surface area (Å²) in [7, 11) is 3.87. The van der Waals surface area contributed by atoms with E-state index < -0.39 is 5.97 Å². The van der Waals surface area contributed by atoms with Crippen LogP contribution in [0.15, 0.2) is 12.4 Å². The number of anilines is 1. The highest BCUT2D eigenvalue weighted by atomic mass is 16.4. The van der Waals surface area contributed by atoms with Crippen molar-refractivity contribution in [1.82, 2.24) is 15.3 Å². The molecule has 0 saturated heterocycles. The van der Waals surface area contributed by atoms with Crippen LogP contribution in [0.5, 0.6) is 0 Å². The number of rotatable bonds is 14. The first-order chi connectivity index (χ1) is 11.6. The van der Waals surface area contributed by atoms with Crippen molar-refractivity contribution in [2.45, 2.75) is 64.3 Å². The highest BCUT2D eigenvalue weighted by molar-refractivity contribution is 5.66. The largest absolute Gasteiger partial charge is 0.481 e. The van der Waals surface area contributed by atoms with Crippen LogP contribution in [0.3, 0.4) is 0 Å². The van der Waals surface area contributed by atoms with Gasteiger partial charge in [0.15, 0.2) is 0 Å². The van der Waals surface area contributed by atoms with Gasteiger partial charge in [-0.25, -0.2) is 9.97 Å². The molecule has 1 rings (SSSR count). The van der Waals surface area contributed by atoms with Crippen molar-refractivity contribution in [3.8, 4) is 0 Å². The molecule has 0 bridgehead atoms. The van der Waals surface area contributed by atoms with Crippen LogP contribution >= 0.6 is 0 Å². The minimum Gasteiger partial charge on any atom is -0.481 e. The summed E-state index contributed by atoms with van der Waals surface area (Å²) in [6.45, 7) is 1.84. The summed E-state index contributed by atoms with van der Waals surface area (Å²) >= 11 is 0. The highest BCUT2D eigenvalue weighted by Crippen LogP contribution is 2.09. The Kier molecular flexibility index (Phi) is 10.8. The van der Waals surface area contributed by atoms with Crippen LogP contribution in [0.25, 0.3) is 0 Å². The summed E-state index contributed by atoms with van der Waals surface area (Å²) in [5.41, 5.74) is 1.11. The molecule has 0 aromatic carbocycles. The van der Waals surface area contributed by atoms with E-state index in [0.717, 1.165) is 43.9 Å². The molecule has 6 heteroatoms. The van der Waals surface area contributed by atoms with E-state index in [1.54, 1.807) is 0 Å². The fraction of sp³-hybridized carbons (Fsp3) is 0.722. The number of carbonyl (C=O) groups is 1. The third-order valence-electron chi connectivity index (χ3n) is 3.92. The van der Waals surface area contributed by atoms with Gasteiger partial charge in [-0.1, -0.05) is 38.5 Å². The lowest BCUT2D eigenvalue weighted by Crippen LogP contribution is -2.16. The van der Waals surface area contributed by atoms with Gasteiger partial charge in [-0.15, -0.1) is 0 Å². The molecule has 0 amide bonds. The molecule has 1 aromatic rings. The van der Waals surface area contributed by atoms with Crippen LogP contribution < -0.4 is 10.2 Å². The minimum atomic E-state index is -0.678. The van der Waals surface area contributed by atoms with Crippen LogP contribution in [-0.4, -0.2) is 41.7 Å². The van der Waals surface area contributed by atoms with Crippen molar-refractivity contribution in [3.63, 3.8) is 0 Å². The monoisotopic (exact) mass is 336 g/mol. The number of nitrogens with one attached hydrogen (secondary N) is 1. The first kappa shape index (κ1) is 20.4. The average molecular weight is 336 g/mol. The molecular formula is C18H32N4O2. The standard InChI is InChI=1S/C18H32N4O2/c1-22(2)18-20-14-16(15-21-18)13-19-12-10-8-6-4-3-5-7-9-11-17(23)24/h14-15,19H,3-13H2,1-2H3,(H,23,24). The summed E-state index contributed by atoms with van der Waals surface area (Å²) in [6.07, 6.45) is 13.3. The molecule has 0 atom stereocenters. The van der Waals surface area contributed by atoms with E-state index in [-0.39, 0.29) is 0 Å². The lowest BCUT2D eigenvalue weighted by atomic mass is 10.1. The molecule has 6 nitrogen and oxygen atoms in total. The molecule has 1 aromatic heterocycles. The molecule has 0 radical (unpaired) electrons. The Morgan fingerprint density at radius 3 is 2.08 bits per heavy atom. The van der Waals surface area contributed by atoms with E-state index in [0.29, 0.717) is 6.42 Å². The lowest BCUT2D eigenvalue weighted by molar-refractivity contribution is -0.137. The van der Waals surface area contributed by atoms with Crippen molar-refractivity contribution >= 4 is 11.9 Å². The summed E-state index contributed by atoms with van der Waals surface area (Å²) in [5.74, 6) is 0.0596. The number of carboxylic acids is 1. The van der Waals surface area contributed by atoms with Crippen molar-refractivity contribution < 1.29 is 9.90 Å². The number of unbranched alkanes of at least 4 members (excludes halogenated alkanes) is 7. The number of aliphatic carboxylic acids is 1. The second-order valence-corrected chi connectivity index (χ2v) is 6.43. The topological polar surface area (TPSA) is 78.4 Å². The summed E-state index contributed by atoms with van der Waals surface area (Å²) in [6, 6.07) is 0. The van der Waals surface area contributed by atoms with Gasteiger partial charge in [0.1, 0.15) is 0 Å². The van der Waals surface area contributed by atoms with Crippen molar-refractivity contribution in [3.05, 3.63) is 18.0 Å². The molecule has 24 heavy (non-hydrogen) atoms. The van der Waals surface area contributed by atoms with Gasteiger partial charge in [0, 0.05) is 45.0 Å². The Morgan fingerprint density at radius 1 is 1.00 bits per heavy atom. The predicted octanol–water partition coefficient (Wildman–Crippen LogP) is 3.23. The molecule has 0 aliphatic rings. The fourth-order valence-corrected chi connectivity index (χ4v) is 2.49. The first-order valence-corrected chi connectivity index (χ1v) is 9.00. The van der Waals surface area contributed by atoms with Gasteiger partial charge < -0.3 is 15.3 Å². The summed E-state index contributed by atoms with van der Waals surface area (Å²) < 4.78 is 0. The van der Waals surface area contributed by atoms with Crippen LogP contribution in [0.1, 0.15) is 63.4 Å². The maximum absolute atomic E-state index is 10.4. The Labute approximate surface area is 145 Å². The van der Waals surface area contributed by atoms with Gasteiger partial charge in [-0.2, -0.15) is 0 Å². The molecule has 136 valence electrons. The first-order valence-electron chi connectivity index (χ1n) is 9.00. The predicted molar refractivity (Wildman–Crippen MR) is 97.3 cm³/mol. The second kappa shape index (κ2) is 12.7. The second-order valence-electron chi connectivity index (χ2n) is 6.43. The molecule has 0 spiro atoms. The summed E-state index contributed by atoms with van der Waals surface area (Å²) in [5, 5.41) is 12.0. The Hall–Kier alpha value is -1.69. The third-order valence-corrected chi connectivity index (χ3v) is 3.92. The van der Waals surface area contributed by atoms with E-state index in [2.05, 4.69) is 15.3 Å². The summed E-state index contributed by atoms with van der Waals surface area (Å²) in [4.78, 5) is 20.9. The Balaban J connectivity index is 1.89. The van der Waals surface area contributed by atoms with E-state index in [1.165, 1.54) is 32.1 Å². The van der Waals surface area contributed by atoms with Gasteiger partial charge in [-0.3, -0.25) is 4.79 Å². The van der Waals surface area contributed by atoms with E-state index in [9.17, 15) is 4.79 Å². The van der Waals surface area contributed by atoms with Crippen LogP contribution in [0, 0.1) is 0 Å². The average Bonchev–Trinajstić information content (AvgIpc) is 2.56. The molecule has 2 N–H and O–H groups in total. The van der Waals surface area contributed by atoms with Crippen molar-refractivity contribution in [2.75, 3.05) is 25.5 Å². The highest BCUT2D eigenvalue weighted by Gasteiger charge is 1.99. The van der Waals surface area contributed by atoms with Crippen LogP contribution in [0.2, 0.25) is 0 Å². The van der Waals surface area contributed by atoms with E-state index in [4.69, 9.17) is 5.11 Å². The fourth-order valence-electron chi connectivity index (χ4n) is 2.49. The van der Waals surface area contributed by atoms with Crippen LogP contribution in [0.4, 0.5) is 5.95 Å². The smallest absolute Gasteiger partial charge is 0.303 e. The molecule has 0 unspecified atom stereocenters. The zero-order valence-electron chi connectivity index (χ0n) is 15.1. The van der Waals surface area contributed by atoms with Crippen LogP contribution in [-0.2, 0) is 11.3 Å². The maximum Gasteiger partial charge on any atom is 0.303 e. The van der Waals surface area contributed by atoms with Gasteiger partial charge >= 0.3 is 5.97 Å². The zero-order chi connectivity index (χ0) is 17.6. The number of aromatic nitrogens is 2. The van der Waals surface area contributed by atoms with Gasteiger partial charge in [0.05, 0.1) is 0 Å². The molecule has 0 saturated carbocycles. The number of hydrogen-bond donors (Lipinski definition) is 2. The quantitative estimate of drug-likeness (QED) is 0.508. The zero-order valence-corrected chi connectivity index (χ0v) is 15.1. The third kappa shape index (κ3) is 10.2. The number of carboxylic acid groups (broad SMARTS) is 1. The Bertz CT molecular complexity index is 449. The van der Waals surface area contributed by atoms with E-state index in [1.807, 2.05) is 31.4 Å². The number of hydrogen-bond acceptors (Lipinski definition) is 5. The molecular weight excluding hydrogens is 304 g/mol. The van der Waals surface area contributed by atoms with E-state index >= 15 is 0 Å². The normalized spacial score (nSPS) is 10.8. The van der Waals surface area contributed by atoms with Crippen molar-refractivity contribution in [1.29, 1.82) is 0 Å². The molecule has 0 fully saturated rings. The molecule has 1 heterocycles.